The number of alkyl halides is 3. The van der Waals surface area contributed by atoms with Gasteiger partial charge >= 0.3 is 18.0 Å². The van der Waals surface area contributed by atoms with Crippen molar-refractivity contribution in [2.45, 2.75) is 50.6 Å². The minimum atomic E-state index is -4.80. The fourth-order valence-corrected chi connectivity index (χ4v) is 3.12. The predicted molar refractivity (Wildman–Crippen MR) is 88.2 cm³/mol. The highest BCUT2D eigenvalue weighted by Crippen LogP contribution is 2.43. The summed E-state index contributed by atoms with van der Waals surface area (Å²) in [4.78, 5) is 32.4. The van der Waals surface area contributed by atoms with Crippen LogP contribution in [0.25, 0.3) is 0 Å². The van der Waals surface area contributed by atoms with Gasteiger partial charge in [-0.2, -0.15) is 13.2 Å². The van der Waals surface area contributed by atoms with Crippen LogP contribution < -0.4 is 4.74 Å². The summed E-state index contributed by atoms with van der Waals surface area (Å²) in [6.07, 6.45) is -2.13. The number of rotatable bonds is 5. The van der Waals surface area contributed by atoms with Crippen LogP contribution in [-0.2, 0) is 4.74 Å². The molecule has 1 aromatic carbocycles. The lowest BCUT2D eigenvalue weighted by Gasteiger charge is -2.18. The van der Waals surface area contributed by atoms with Gasteiger partial charge in [-0.05, 0) is 18.8 Å². The standard InChI is InChI=1S/C16H17F3N2O7/c17-16(18,19)9-27-15(22)28-14-12(10-5-3-1-2-4-6-10)7-11(20(23)24)8-13(14)21(25)26/h7-8,10H,1-6,9H2. The summed E-state index contributed by atoms with van der Waals surface area (Å²) in [5, 5.41) is 22.5. The average molecular weight is 406 g/mol. The molecule has 0 atom stereocenters. The van der Waals surface area contributed by atoms with Gasteiger partial charge in [-0.3, -0.25) is 20.2 Å². The van der Waals surface area contributed by atoms with E-state index in [1.54, 1.807) is 0 Å². The zero-order chi connectivity index (χ0) is 20.9. The molecule has 0 bridgehead atoms. The van der Waals surface area contributed by atoms with E-state index in [4.69, 9.17) is 4.74 Å². The average Bonchev–Trinajstić information content (AvgIpc) is 2.88. The summed E-state index contributed by atoms with van der Waals surface area (Å²) in [6, 6.07) is 1.67. The van der Waals surface area contributed by atoms with Gasteiger partial charge < -0.3 is 9.47 Å². The van der Waals surface area contributed by atoms with Crippen molar-refractivity contribution < 1.29 is 37.3 Å². The Balaban J connectivity index is 2.45. The number of nitro groups is 2. The summed E-state index contributed by atoms with van der Waals surface area (Å²) >= 11 is 0. The Morgan fingerprint density at radius 3 is 2.18 bits per heavy atom. The maximum absolute atomic E-state index is 12.2. The summed E-state index contributed by atoms with van der Waals surface area (Å²) in [5.41, 5.74) is -1.40. The lowest BCUT2D eigenvalue weighted by molar-refractivity contribution is -0.394. The van der Waals surface area contributed by atoms with E-state index >= 15 is 0 Å². The first-order valence-electron chi connectivity index (χ1n) is 8.46. The Labute approximate surface area is 156 Å². The molecular formula is C16H17F3N2O7. The molecule has 9 nitrogen and oxygen atoms in total. The smallest absolute Gasteiger partial charge is 0.424 e. The second kappa shape index (κ2) is 8.85. The van der Waals surface area contributed by atoms with Crippen molar-refractivity contribution in [1.82, 2.24) is 0 Å². The number of benzene rings is 1. The topological polar surface area (TPSA) is 122 Å². The lowest BCUT2D eigenvalue weighted by atomic mass is 9.90. The predicted octanol–water partition coefficient (Wildman–Crippen LogP) is 5.02. The normalized spacial score (nSPS) is 15.5. The van der Waals surface area contributed by atoms with Gasteiger partial charge in [0.1, 0.15) is 0 Å². The summed E-state index contributed by atoms with van der Waals surface area (Å²) in [6.45, 7) is -1.93. The molecule has 2 rings (SSSR count). The fraction of sp³-hybridized carbons (Fsp3) is 0.562. The Kier molecular flexibility index (Phi) is 6.75. The van der Waals surface area contributed by atoms with E-state index in [-0.39, 0.29) is 11.5 Å². The number of halogens is 3. The maximum atomic E-state index is 12.2. The molecule has 0 N–H and O–H groups in total. The summed E-state index contributed by atoms with van der Waals surface area (Å²) in [7, 11) is 0. The number of non-ortho nitro benzene ring substituents is 1. The molecule has 0 spiro atoms. The van der Waals surface area contributed by atoms with Crippen LogP contribution >= 0.6 is 0 Å². The molecule has 28 heavy (non-hydrogen) atoms. The van der Waals surface area contributed by atoms with Crippen molar-refractivity contribution in [1.29, 1.82) is 0 Å². The van der Waals surface area contributed by atoms with E-state index in [0.717, 1.165) is 31.7 Å². The molecule has 0 amide bonds. The number of hydrogen-bond donors (Lipinski definition) is 0. The first-order chi connectivity index (χ1) is 13.1. The largest absolute Gasteiger partial charge is 0.514 e. The van der Waals surface area contributed by atoms with E-state index in [2.05, 4.69) is 4.74 Å². The van der Waals surface area contributed by atoms with E-state index in [0.29, 0.717) is 18.9 Å². The van der Waals surface area contributed by atoms with Gasteiger partial charge in [0.2, 0.25) is 5.75 Å². The third-order valence-electron chi connectivity index (χ3n) is 4.32. The van der Waals surface area contributed by atoms with Crippen LogP contribution in [-0.4, -0.2) is 28.8 Å². The molecular weight excluding hydrogens is 389 g/mol. The van der Waals surface area contributed by atoms with Gasteiger partial charge in [-0.1, -0.05) is 25.7 Å². The van der Waals surface area contributed by atoms with Gasteiger partial charge in [0, 0.05) is 11.6 Å². The van der Waals surface area contributed by atoms with Crippen LogP contribution in [0.3, 0.4) is 0 Å². The Hall–Kier alpha value is -2.92. The van der Waals surface area contributed by atoms with Gasteiger partial charge in [-0.15, -0.1) is 0 Å². The number of ether oxygens (including phenoxy) is 2. The zero-order valence-corrected chi connectivity index (χ0v) is 14.6. The lowest BCUT2D eigenvalue weighted by Crippen LogP contribution is -2.23. The minimum Gasteiger partial charge on any atom is -0.424 e. The fourth-order valence-electron chi connectivity index (χ4n) is 3.12. The Morgan fingerprint density at radius 2 is 1.68 bits per heavy atom. The van der Waals surface area contributed by atoms with Crippen LogP contribution in [0, 0.1) is 20.2 Å². The van der Waals surface area contributed by atoms with E-state index in [9.17, 15) is 38.2 Å². The molecule has 1 aliphatic rings. The second-order valence-corrected chi connectivity index (χ2v) is 6.34. The third kappa shape index (κ3) is 5.79. The molecule has 1 aliphatic carbocycles. The third-order valence-corrected chi connectivity index (χ3v) is 4.32. The van der Waals surface area contributed by atoms with E-state index in [1.165, 1.54) is 0 Å². The Morgan fingerprint density at radius 1 is 1.07 bits per heavy atom. The van der Waals surface area contributed by atoms with Gasteiger partial charge in [0.05, 0.1) is 15.9 Å². The molecule has 0 heterocycles. The SMILES string of the molecule is O=C(OCC(F)(F)F)Oc1c(C2CCCCCC2)cc([N+](=O)[O-])cc1[N+](=O)[O-]. The van der Waals surface area contributed by atoms with Crippen LogP contribution in [0.2, 0.25) is 0 Å². The van der Waals surface area contributed by atoms with Crippen LogP contribution in [0.4, 0.5) is 29.3 Å². The highest BCUT2D eigenvalue weighted by molar-refractivity contribution is 5.70. The molecule has 0 aliphatic heterocycles. The van der Waals surface area contributed by atoms with Crippen molar-refractivity contribution >= 4 is 17.5 Å². The molecule has 0 saturated heterocycles. The molecule has 0 aromatic heterocycles. The summed E-state index contributed by atoms with van der Waals surface area (Å²) in [5.74, 6) is -0.985. The minimum absolute atomic E-state index is 0.0479. The van der Waals surface area contributed by atoms with Crippen LogP contribution in [0.1, 0.15) is 50.0 Å². The van der Waals surface area contributed by atoms with Crippen LogP contribution in [0.5, 0.6) is 5.75 Å². The van der Waals surface area contributed by atoms with Crippen LogP contribution in [0.15, 0.2) is 12.1 Å². The van der Waals surface area contributed by atoms with Crippen molar-refractivity contribution in [3.05, 3.63) is 37.9 Å². The number of hydrogen-bond acceptors (Lipinski definition) is 7. The number of carbonyl (C=O) groups is 1. The highest BCUT2D eigenvalue weighted by Gasteiger charge is 2.34. The van der Waals surface area contributed by atoms with Gasteiger partial charge in [-0.25, -0.2) is 4.79 Å². The zero-order valence-electron chi connectivity index (χ0n) is 14.6. The molecule has 1 fully saturated rings. The highest BCUT2D eigenvalue weighted by atomic mass is 19.4. The molecule has 12 heteroatoms. The van der Waals surface area contributed by atoms with E-state index < -0.39 is 45.9 Å². The first kappa shape index (κ1) is 21.4. The van der Waals surface area contributed by atoms with E-state index in [1.807, 2.05) is 0 Å². The second-order valence-electron chi connectivity index (χ2n) is 6.34. The Bertz CT molecular complexity index is 759. The number of nitro benzene ring substituents is 2. The molecule has 0 unspecified atom stereocenters. The van der Waals surface area contributed by atoms with Gasteiger partial charge in [0.25, 0.3) is 5.69 Å². The molecule has 1 saturated carbocycles. The quantitative estimate of drug-likeness (QED) is 0.221. The molecule has 0 radical (unpaired) electrons. The molecule has 154 valence electrons. The number of carbonyl (C=O) groups excluding carboxylic acids is 1. The molecule has 1 aromatic rings. The summed E-state index contributed by atoms with van der Waals surface area (Å²) < 4.78 is 45.3. The monoisotopic (exact) mass is 406 g/mol. The van der Waals surface area contributed by atoms with Crippen molar-refractivity contribution in [3.63, 3.8) is 0 Å². The maximum Gasteiger partial charge on any atom is 0.514 e. The van der Waals surface area contributed by atoms with Crippen molar-refractivity contribution in [3.8, 4) is 5.75 Å². The van der Waals surface area contributed by atoms with Gasteiger partial charge in [0.15, 0.2) is 6.61 Å². The number of nitrogens with zero attached hydrogens (tertiary/aromatic N) is 2. The van der Waals surface area contributed by atoms with Crippen molar-refractivity contribution in [2.24, 2.45) is 0 Å². The van der Waals surface area contributed by atoms with Crippen molar-refractivity contribution in [2.75, 3.05) is 6.61 Å². The first-order valence-corrected chi connectivity index (χ1v) is 8.46.